The molecular weight excluding hydrogens is 588 g/mol. The summed E-state index contributed by atoms with van der Waals surface area (Å²) in [5.74, 6) is 0. The number of hydrogen-bond acceptors (Lipinski definition) is 13. The van der Waals surface area contributed by atoms with Crippen molar-refractivity contribution < 1.29 is 31.0 Å². The van der Waals surface area contributed by atoms with Gasteiger partial charge in [-0.15, -0.1) is 0 Å². The summed E-state index contributed by atoms with van der Waals surface area (Å²) >= 11 is 0. The van der Waals surface area contributed by atoms with Gasteiger partial charge >= 0.3 is 0 Å². The lowest BCUT2D eigenvalue weighted by Gasteiger charge is -2.13. The Bertz CT molecular complexity index is 2350. The lowest BCUT2D eigenvalue weighted by atomic mass is 10.1. The highest BCUT2D eigenvalue weighted by Crippen LogP contribution is 2.30. The molecule has 214 valence electrons. The topological polar surface area (TPSA) is 218 Å². The summed E-state index contributed by atoms with van der Waals surface area (Å²) in [5, 5.41) is 17.6. The Labute approximate surface area is 236 Å². The second kappa shape index (κ2) is 10.9. The van der Waals surface area contributed by atoms with Gasteiger partial charge in [-0.05, 0) is 30.3 Å². The van der Waals surface area contributed by atoms with Gasteiger partial charge in [-0.1, -0.05) is 48.5 Å². The van der Waals surface area contributed by atoms with Crippen LogP contribution in [0.3, 0.4) is 0 Å². The first kappa shape index (κ1) is 28.7. The first-order valence-corrected chi connectivity index (χ1v) is 14.8. The molecule has 0 radical (unpaired) electrons. The van der Waals surface area contributed by atoms with Crippen molar-refractivity contribution >= 4 is 53.2 Å². The third kappa shape index (κ3) is 5.41. The van der Waals surface area contributed by atoms with E-state index in [0.717, 1.165) is 18.2 Å². The monoisotopic (exact) mass is 606 g/mol. The van der Waals surface area contributed by atoms with Crippen LogP contribution >= 0.6 is 0 Å². The van der Waals surface area contributed by atoms with E-state index in [4.69, 9.17) is 0 Å². The van der Waals surface area contributed by atoms with Crippen LogP contribution in [0.15, 0.2) is 108 Å². The zero-order valence-corrected chi connectivity index (χ0v) is 22.8. The van der Waals surface area contributed by atoms with Gasteiger partial charge in [-0.2, -0.15) is 10.2 Å². The van der Waals surface area contributed by atoms with E-state index in [2.05, 4.69) is 21.1 Å². The number of aliphatic hydroxyl groups excluding tert-OH is 1. The number of aliphatic hydroxyl groups is 1. The molecule has 0 saturated heterocycles. The molecule has 13 nitrogen and oxygen atoms in total. The molecule has 0 bridgehead atoms. The van der Waals surface area contributed by atoms with Crippen molar-refractivity contribution in [1.29, 1.82) is 0 Å². The van der Waals surface area contributed by atoms with Crippen molar-refractivity contribution in [3.63, 3.8) is 0 Å². The molecule has 42 heavy (non-hydrogen) atoms. The average molecular weight is 607 g/mol. The van der Waals surface area contributed by atoms with Crippen molar-refractivity contribution in [2.24, 2.45) is 10.2 Å². The van der Waals surface area contributed by atoms with E-state index in [1.807, 2.05) is 0 Å². The lowest BCUT2D eigenvalue weighted by molar-refractivity contribution is 0.280. The summed E-state index contributed by atoms with van der Waals surface area (Å²) in [6, 6.07) is 18.0. The Morgan fingerprint density at radius 3 is 1.55 bits per heavy atom. The number of rotatable bonds is 7. The summed E-state index contributed by atoms with van der Waals surface area (Å²) in [5.41, 5.74) is 3.61. The number of anilines is 2. The van der Waals surface area contributed by atoms with Gasteiger partial charge in [-0.25, -0.2) is 16.8 Å². The lowest BCUT2D eigenvalue weighted by Crippen LogP contribution is -2.50. The van der Waals surface area contributed by atoms with E-state index in [-0.39, 0.29) is 38.5 Å². The fraction of sp³-hybridized carbons (Fsp3) is 0.0370. The van der Waals surface area contributed by atoms with Gasteiger partial charge in [0.25, 0.3) is 0 Å². The van der Waals surface area contributed by atoms with Gasteiger partial charge in [-0.3, -0.25) is 20.4 Å². The molecular formula is C27H18N4O9S2-2. The number of hydrogen-bond donors (Lipinski definition) is 3. The Kier molecular flexibility index (Phi) is 7.44. The minimum Gasteiger partial charge on any atom is -0.744 e. The predicted octanol–water partition coefficient (Wildman–Crippen LogP) is 0.745. The van der Waals surface area contributed by atoms with Crippen LogP contribution in [0.2, 0.25) is 0 Å². The van der Waals surface area contributed by atoms with Gasteiger partial charge in [0.15, 0.2) is 5.36 Å². The first-order valence-electron chi connectivity index (χ1n) is 11.9. The van der Waals surface area contributed by atoms with Crippen molar-refractivity contribution in [3.8, 4) is 0 Å². The molecule has 5 aromatic carbocycles. The van der Waals surface area contributed by atoms with Gasteiger partial charge in [0.2, 0.25) is 10.9 Å². The van der Waals surface area contributed by atoms with Crippen molar-refractivity contribution in [3.05, 3.63) is 116 Å². The highest BCUT2D eigenvalue weighted by atomic mass is 32.2. The maximum absolute atomic E-state index is 13.2. The summed E-state index contributed by atoms with van der Waals surface area (Å²) in [4.78, 5) is 25.2. The van der Waals surface area contributed by atoms with Crippen LogP contribution < -0.4 is 32.4 Å². The van der Waals surface area contributed by atoms with E-state index in [1.54, 1.807) is 18.2 Å². The highest BCUT2D eigenvalue weighted by molar-refractivity contribution is 7.86. The molecule has 0 saturated carbocycles. The van der Waals surface area contributed by atoms with Gasteiger partial charge in [0.05, 0.1) is 27.8 Å². The number of nitrogens with zero attached hydrogens (tertiary/aromatic N) is 2. The molecule has 5 aromatic rings. The fourth-order valence-corrected chi connectivity index (χ4v) is 5.75. The number of benzene rings is 5. The van der Waals surface area contributed by atoms with Crippen LogP contribution in [0.25, 0.3) is 21.5 Å². The first-order chi connectivity index (χ1) is 19.9. The summed E-state index contributed by atoms with van der Waals surface area (Å²) in [6.07, 6.45) is 0. The molecule has 0 aliphatic heterocycles. The standard InChI is InChI=1S/C27H20N4O9S2/c32-14-15-13-22(30-28-20-9-11-23(41(35,36)37)18-7-3-1-5-16(18)20)27(34)25(26(15)33)31-29-21-10-12-24(42(38,39)40)19-8-4-2-6-17(19)21/h1-13,28-29,32H,14H2,(H,35,36,37)(H,38,39,40)/p-2. The third-order valence-electron chi connectivity index (χ3n) is 6.33. The molecule has 3 N–H and O–H groups in total. The van der Waals surface area contributed by atoms with Crippen molar-refractivity contribution in [2.75, 3.05) is 10.9 Å². The van der Waals surface area contributed by atoms with E-state index in [1.165, 1.54) is 42.5 Å². The SMILES string of the molecule is O=c1c(CO)cc(=NNc2ccc(S(=O)(=O)[O-])c3ccccc23)c(=O)c1=NNc1ccc(S(=O)(=O)[O-])c2ccccc12. The molecule has 0 aliphatic carbocycles. The van der Waals surface area contributed by atoms with E-state index in [9.17, 15) is 40.6 Å². The van der Waals surface area contributed by atoms with Crippen LogP contribution in [0, 0.1) is 0 Å². The molecule has 0 amide bonds. The molecule has 0 atom stereocenters. The van der Waals surface area contributed by atoms with Crippen LogP contribution in [0.4, 0.5) is 11.4 Å². The van der Waals surface area contributed by atoms with Gasteiger partial charge in [0, 0.05) is 27.1 Å². The van der Waals surface area contributed by atoms with Gasteiger partial charge < -0.3 is 14.2 Å². The number of fused-ring (bicyclic) bond motifs is 2. The second-order valence-electron chi connectivity index (χ2n) is 8.89. The van der Waals surface area contributed by atoms with Crippen molar-refractivity contribution in [2.45, 2.75) is 16.4 Å². The molecule has 0 heterocycles. The van der Waals surface area contributed by atoms with E-state index in [0.29, 0.717) is 5.39 Å². The highest BCUT2D eigenvalue weighted by Gasteiger charge is 2.13. The molecule has 5 rings (SSSR count). The third-order valence-corrected chi connectivity index (χ3v) is 8.12. The maximum Gasteiger partial charge on any atom is 0.237 e. The summed E-state index contributed by atoms with van der Waals surface area (Å²) < 4.78 is 70.0. The smallest absolute Gasteiger partial charge is 0.237 e. The van der Waals surface area contributed by atoms with Crippen LogP contribution in [-0.4, -0.2) is 31.0 Å². The Morgan fingerprint density at radius 1 is 0.643 bits per heavy atom. The zero-order valence-electron chi connectivity index (χ0n) is 21.1. The van der Waals surface area contributed by atoms with Crippen LogP contribution in [0.5, 0.6) is 0 Å². The minimum absolute atomic E-state index is 0.101. The Balaban J connectivity index is 1.62. The predicted molar refractivity (Wildman–Crippen MR) is 149 cm³/mol. The summed E-state index contributed by atoms with van der Waals surface area (Å²) in [7, 11) is -9.57. The maximum atomic E-state index is 13.2. The fourth-order valence-electron chi connectivity index (χ4n) is 4.39. The van der Waals surface area contributed by atoms with E-state index >= 15 is 0 Å². The second-order valence-corrected chi connectivity index (χ2v) is 11.6. The Hall–Kier alpha value is -4.80. The largest absolute Gasteiger partial charge is 0.744 e. The minimum atomic E-state index is -4.80. The Morgan fingerprint density at radius 2 is 1.10 bits per heavy atom. The quantitative estimate of drug-likeness (QED) is 0.173. The summed E-state index contributed by atoms with van der Waals surface area (Å²) in [6.45, 7) is -0.748. The molecule has 0 aromatic heterocycles. The van der Waals surface area contributed by atoms with Gasteiger partial charge in [0.1, 0.15) is 25.6 Å². The molecule has 0 fully saturated rings. The molecule has 0 aliphatic rings. The molecule has 15 heteroatoms. The van der Waals surface area contributed by atoms with Crippen molar-refractivity contribution in [1.82, 2.24) is 0 Å². The van der Waals surface area contributed by atoms with Crippen LogP contribution in [0.1, 0.15) is 5.56 Å². The van der Waals surface area contributed by atoms with E-state index < -0.39 is 52.8 Å². The average Bonchev–Trinajstić information content (AvgIpc) is 2.95. The zero-order chi connectivity index (χ0) is 30.2. The van der Waals surface area contributed by atoms with Crippen LogP contribution in [-0.2, 0) is 26.8 Å². The normalized spacial score (nSPS) is 13.1. The molecule has 0 spiro atoms. The number of nitrogens with one attached hydrogen (secondary N) is 2. The molecule has 0 unspecified atom stereocenters.